The number of nitrogens with one attached hydrogen (secondary N) is 1. The Morgan fingerprint density at radius 1 is 1.13 bits per heavy atom. The summed E-state index contributed by atoms with van der Waals surface area (Å²) in [6.45, 7) is 1.39. The number of aromatic nitrogens is 2. The van der Waals surface area contributed by atoms with Crippen LogP contribution in [-0.4, -0.2) is 32.0 Å². The van der Waals surface area contributed by atoms with Gasteiger partial charge in [-0.25, -0.2) is 4.79 Å². The van der Waals surface area contributed by atoms with Gasteiger partial charge >= 0.3 is 6.03 Å². The molecule has 1 N–H and O–H groups in total. The van der Waals surface area contributed by atoms with E-state index in [4.69, 9.17) is 16.0 Å². The maximum atomic E-state index is 13.0. The van der Waals surface area contributed by atoms with Crippen molar-refractivity contribution in [1.82, 2.24) is 20.4 Å². The van der Waals surface area contributed by atoms with Crippen LogP contribution < -0.4 is 5.32 Å². The van der Waals surface area contributed by atoms with Gasteiger partial charge in [0, 0.05) is 22.7 Å². The second-order valence-electron chi connectivity index (χ2n) is 6.76. The molecule has 1 saturated heterocycles. The molecule has 2 aromatic carbocycles. The lowest BCUT2D eigenvalue weighted by molar-refractivity contribution is -0.384. The van der Waals surface area contributed by atoms with Crippen molar-refractivity contribution in [2.75, 3.05) is 0 Å². The largest absolute Gasteiger partial charge is 0.419 e. The summed E-state index contributed by atoms with van der Waals surface area (Å²) in [7, 11) is 0. The molecule has 1 unspecified atom stereocenters. The molecule has 11 heteroatoms. The highest BCUT2D eigenvalue weighted by atomic mass is 35.5. The molecule has 0 saturated carbocycles. The zero-order valence-corrected chi connectivity index (χ0v) is 16.3. The summed E-state index contributed by atoms with van der Waals surface area (Å²) in [6, 6.07) is 11.6. The van der Waals surface area contributed by atoms with Crippen molar-refractivity contribution in [2.24, 2.45) is 0 Å². The average Bonchev–Trinajstić information content (AvgIpc) is 3.28. The molecule has 1 aromatic heterocycles. The number of rotatable bonds is 5. The van der Waals surface area contributed by atoms with E-state index in [1.54, 1.807) is 31.2 Å². The third-order valence-electron chi connectivity index (χ3n) is 4.78. The monoisotopic (exact) mass is 427 g/mol. The Kier molecular flexibility index (Phi) is 4.70. The Morgan fingerprint density at radius 3 is 2.43 bits per heavy atom. The van der Waals surface area contributed by atoms with Crippen LogP contribution in [-0.2, 0) is 16.9 Å². The predicted octanol–water partition coefficient (Wildman–Crippen LogP) is 3.27. The highest BCUT2D eigenvalue weighted by Crippen LogP contribution is 2.31. The molecule has 10 nitrogen and oxygen atoms in total. The fraction of sp³-hybridized carbons (Fsp3) is 0.158. The molecule has 0 aliphatic carbocycles. The van der Waals surface area contributed by atoms with E-state index >= 15 is 0 Å². The Morgan fingerprint density at radius 2 is 1.80 bits per heavy atom. The molecule has 1 atom stereocenters. The van der Waals surface area contributed by atoms with Crippen molar-refractivity contribution in [3.63, 3.8) is 0 Å². The first-order chi connectivity index (χ1) is 14.3. The maximum Gasteiger partial charge on any atom is 0.325 e. The lowest BCUT2D eigenvalue weighted by Crippen LogP contribution is -2.40. The fourth-order valence-electron chi connectivity index (χ4n) is 3.11. The highest BCUT2D eigenvalue weighted by molar-refractivity contribution is 6.30. The van der Waals surface area contributed by atoms with E-state index in [2.05, 4.69) is 15.5 Å². The SMILES string of the molecule is CC1(c2ccc(Cl)cc2)NC(=O)N(Cc2nnc(-c3ccc([N+](=O)[O-])cc3)o2)C1=O. The maximum absolute atomic E-state index is 13.0. The van der Waals surface area contributed by atoms with Crippen molar-refractivity contribution in [3.8, 4) is 11.5 Å². The highest BCUT2D eigenvalue weighted by Gasteiger charge is 2.49. The van der Waals surface area contributed by atoms with Crippen LogP contribution in [0.5, 0.6) is 0 Å². The molecule has 3 amide bonds. The minimum Gasteiger partial charge on any atom is -0.419 e. The van der Waals surface area contributed by atoms with Gasteiger partial charge in [-0.3, -0.25) is 19.8 Å². The van der Waals surface area contributed by atoms with Crippen molar-refractivity contribution < 1.29 is 18.9 Å². The minimum atomic E-state index is -1.25. The smallest absolute Gasteiger partial charge is 0.325 e. The van der Waals surface area contributed by atoms with Gasteiger partial charge < -0.3 is 9.73 Å². The summed E-state index contributed by atoms with van der Waals surface area (Å²) in [5.74, 6) is -0.301. The molecule has 0 spiro atoms. The summed E-state index contributed by atoms with van der Waals surface area (Å²) in [5.41, 5.74) is -0.255. The van der Waals surface area contributed by atoms with E-state index in [-0.39, 0.29) is 24.0 Å². The molecule has 1 fully saturated rings. The first kappa shape index (κ1) is 19.5. The van der Waals surface area contributed by atoms with Gasteiger partial charge in [-0.1, -0.05) is 23.7 Å². The molecule has 4 rings (SSSR count). The predicted molar refractivity (Wildman–Crippen MR) is 104 cm³/mol. The number of imide groups is 1. The number of urea groups is 1. The van der Waals surface area contributed by atoms with Gasteiger partial charge in [0.15, 0.2) is 0 Å². The van der Waals surface area contributed by atoms with E-state index in [0.29, 0.717) is 16.1 Å². The second-order valence-corrected chi connectivity index (χ2v) is 7.19. The summed E-state index contributed by atoms with van der Waals surface area (Å²) < 4.78 is 5.53. The van der Waals surface area contributed by atoms with Gasteiger partial charge in [0.05, 0.1) is 4.92 Å². The molecular weight excluding hydrogens is 414 g/mol. The Balaban J connectivity index is 1.53. The zero-order valence-electron chi connectivity index (χ0n) is 15.5. The molecule has 152 valence electrons. The van der Waals surface area contributed by atoms with Crippen LogP contribution in [0.2, 0.25) is 5.02 Å². The molecule has 30 heavy (non-hydrogen) atoms. The first-order valence-electron chi connectivity index (χ1n) is 8.75. The quantitative estimate of drug-likeness (QED) is 0.375. The topological polar surface area (TPSA) is 131 Å². The van der Waals surface area contributed by atoms with Gasteiger partial charge in [-0.2, -0.15) is 0 Å². The Bertz CT molecular complexity index is 1140. The van der Waals surface area contributed by atoms with Crippen molar-refractivity contribution in [1.29, 1.82) is 0 Å². The van der Waals surface area contributed by atoms with Crippen molar-refractivity contribution >= 4 is 29.2 Å². The van der Waals surface area contributed by atoms with Crippen molar-refractivity contribution in [3.05, 3.63) is 75.1 Å². The van der Waals surface area contributed by atoms with Crippen LogP contribution >= 0.6 is 11.6 Å². The van der Waals surface area contributed by atoms with Gasteiger partial charge in [0.1, 0.15) is 12.1 Å². The number of non-ortho nitro benzene ring substituents is 1. The number of hydrogen-bond acceptors (Lipinski definition) is 7. The number of carbonyl (C=O) groups is 2. The normalized spacial score (nSPS) is 18.5. The van der Waals surface area contributed by atoms with Crippen LogP contribution in [0.4, 0.5) is 10.5 Å². The van der Waals surface area contributed by atoms with Crippen LogP contribution in [0.25, 0.3) is 11.5 Å². The summed E-state index contributed by atoms with van der Waals surface area (Å²) in [5, 5.41) is 21.7. The van der Waals surface area contributed by atoms with Crippen LogP contribution in [0.1, 0.15) is 18.4 Å². The number of nitro groups is 1. The summed E-state index contributed by atoms with van der Waals surface area (Å²) in [6.07, 6.45) is 0. The lowest BCUT2D eigenvalue weighted by Gasteiger charge is -2.22. The van der Waals surface area contributed by atoms with Gasteiger partial charge in [-0.05, 0) is 36.8 Å². The molecule has 1 aliphatic rings. The molecule has 2 heterocycles. The summed E-state index contributed by atoms with van der Waals surface area (Å²) >= 11 is 5.90. The minimum absolute atomic E-state index is 0.0483. The molecule has 0 bridgehead atoms. The first-order valence-corrected chi connectivity index (χ1v) is 9.13. The van der Waals surface area contributed by atoms with Gasteiger partial charge in [0.2, 0.25) is 11.8 Å². The number of hydrogen-bond donors (Lipinski definition) is 1. The van der Waals surface area contributed by atoms with E-state index in [1.807, 2.05) is 0 Å². The number of nitro benzene ring substituents is 1. The number of nitrogens with zero attached hydrogens (tertiary/aromatic N) is 4. The van der Waals surface area contributed by atoms with E-state index in [0.717, 1.165) is 4.90 Å². The molecule has 1 aliphatic heterocycles. The van der Waals surface area contributed by atoms with Gasteiger partial charge in [0.25, 0.3) is 11.6 Å². The third-order valence-corrected chi connectivity index (χ3v) is 5.03. The zero-order chi connectivity index (χ0) is 21.5. The average molecular weight is 428 g/mol. The van der Waals surface area contributed by atoms with Crippen molar-refractivity contribution in [2.45, 2.75) is 19.0 Å². The number of amides is 3. The van der Waals surface area contributed by atoms with Crippen LogP contribution in [0.3, 0.4) is 0 Å². The third kappa shape index (κ3) is 3.37. The number of halogens is 1. The van der Waals surface area contributed by atoms with E-state index < -0.39 is 22.4 Å². The van der Waals surface area contributed by atoms with Crippen LogP contribution in [0, 0.1) is 10.1 Å². The fourth-order valence-corrected chi connectivity index (χ4v) is 3.24. The molecule has 0 radical (unpaired) electrons. The second kappa shape index (κ2) is 7.23. The van der Waals surface area contributed by atoms with E-state index in [9.17, 15) is 19.7 Å². The van der Waals surface area contributed by atoms with Gasteiger partial charge in [-0.15, -0.1) is 10.2 Å². The van der Waals surface area contributed by atoms with Crippen LogP contribution in [0.15, 0.2) is 52.9 Å². The number of benzene rings is 2. The lowest BCUT2D eigenvalue weighted by atomic mass is 9.92. The number of carbonyl (C=O) groups excluding carboxylic acids is 2. The standard InChI is InChI=1S/C19H14ClN5O5/c1-19(12-4-6-13(20)7-5-12)17(26)24(18(27)21-19)10-15-22-23-16(30-15)11-2-8-14(9-3-11)25(28)29/h2-9H,10H2,1H3,(H,21,27). The Hall–Kier alpha value is -3.79. The van der Waals surface area contributed by atoms with E-state index in [1.165, 1.54) is 24.3 Å². The Labute approximate surface area is 174 Å². The molecule has 3 aromatic rings. The summed E-state index contributed by atoms with van der Waals surface area (Å²) in [4.78, 5) is 36.6. The molecular formula is C19H14ClN5O5.